The van der Waals surface area contributed by atoms with Crippen molar-refractivity contribution in [2.24, 2.45) is 5.92 Å². The summed E-state index contributed by atoms with van der Waals surface area (Å²) in [6, 6.07) is 6.24. The van der Waals surface area contributed by atoms with Crippen LogP contribution in [0.1, 0.15) is 25.3 Å². The zero-order valence-corrected chi connectivity index (χ0v) is 12.1. The highest BCUT2D eigenvalue weighted by Gasteiger charge is 2.20. The number of rotatable bonds is 4. The van der Waals surface area contributed by atoms with Crippen LogP contribution in [0.4, 0.5) is 0 Å². The largest absolute Gasteiger partial charge is 0.381 e. The molecule has 2 nitrogen and oxygen atoms in total. The summed E-state index contributed by atoms with van der Waals surface area (Å²) in [5.41, 5.74) is 1.06. The fraction of sp³-hybridized carbons (Fsp3) is 0.571. The van der Waals surface area contributed by atoms with E-state index in [2.05, 4.69) is 12.2 Å². The summed E-state index contributed by atoms with van der Waals surface area (Å²) < 4.78 is 5.38. The van der Waals surface area contributed by atoms with Gasteiger partial charge in [0.25, 0.3) is 0 Å². The maximum absolute atomic E-state index is 6.17. The molecule has 0 amide bonds. The second kappa shape index (κ2) is 6.76. The molecule has 0 radical (unpaired) electrons. The molecular weight excluding hydrogens is 269 g/mol. The number of halogens is 2. The molecule has 2 rings (SSSR count). The van der Waals surface area contributed by atoms with E-state index in [9.17, 15) is 0 Å². The van der Waals surface area contributed by atoms with Gasteiger partial charge < -0.3 is 10.1 Å². The van der Waals surface area contributed by atoms with Crippen molar-refractivity contribution < 1.29 is 4.74 Å². The van der Waals surface area contributed by atoms with Crippen LogP contribution in [0, 0.1) is 5.92 Å². The molecule has 1 aromatic carbocycles. The van der Waals surface area contributed by atoms with Crippen LogP contribution < -0.4 is 5.32 Å². The lowest BCUT2D eigenvalue weighted by atomic mass is 9.93. The Morgan fingerprint density at radius 3 is 2.78 bits per heavy atom. The average molecular weight is 288 g/mol. The van der Waals surface area contributed by atoms with Crippen LogP contribution in [0.15, 0.2) is 18.2 Å². The summed E-state index contributed by atoms with van der Waals surface area (Å²) in [6.07, 6.45) is 2.27. The lowest BCUT2D eigenvalue weighted by molar-refractivity contribution is 0.0558. The van der Waals surface area contributed by atoms with Crippen molar-refractivity contribution in [3.63, 3.8) is 0 Å². The molecular formula is C14H19Cl2NO. The summed E-state index contributed by atoms with van der Waals surface area (Å²) in [6.45, 7) is 4.76. The van der Waals surface area contributed by atoms with Crippen molar-refractivity contribution in [2.45, 2.75) is 32.4 Å². The van der Waals surface area contributed by atoms with Crippen LogP contribution >= 0.6 is 23.2 Å². The quantitative estimate of drug-likeness (QED) is 0.907. The number of hydrogen-bond donors (Lipinski definition) is 1. The average Bonchev–Trinajstić information content (AvgIpc) is 2.41. The Balaban J connectivity index is 1.88. The Morgan fingerprint density at radius 2 is 2.06 bits per heavy atom. The van der Waals surface area contributed by atoms with E-state index in [1.54, 1.807) is 0 Å². The molecule has 0 aliphatic carbocycles. The van der Waals surface area contributed by atoms with E-state index in [0.29, 0.717) is 22.0 Å². The molecule has 0 aromatic heterocycles. The second-order valence-corrected chi connectivity index (χ2v) is 5.62. The third-order valence-electron chi connectivity index (χ3n) is 3.62. The zero-order chi connectivity index (χ0) is 13.0. The molecule has 1 unspecified atom stereocenters. The summed E-state index contributed by atoms with van der Waals surface area (Å²) in [7, 11) is 0. The summed E-state index contributed by atoms with van der Waals surface area (Å²) in [4.78, 5) is 0. The first kappa shape index (κ1) is 14.1. The Morgan fingerprint density at radius 1 is 1.33 bits per heavy atom. The van der Waals surface area contributed by atoms with Gasteiger partial charge in [-0.2, -0.15) is 0 Å². The van der Waals surface area contributed by atoms with Crippen LogP contribution in [0.5, 0.6) is 0 Å². The molecule has 0 saturated carbocycles. The normalized spacial score (nSPS) is 18.8. The topological polar surface area (TPSA) is 21.3 Å². The Bertz CT molecular complexity index is 391. The highest BCUT2D eigenvalue weighted by atomic mass is 35.5. The number of nitrogens with one attached hydrogen (secondary N) is 1. The molecule has 0 spiro atoms. The van der Waals surface area contributed by atoms with Crippen LogP contribution in [0.25, 0.3) is 0 Å². The van der Waals surface area contributed by atoms with Gasteiger partial charge in [0, 0.05) is 25.8 Å². The van der Waals surface area contributed by atoms with Gasteiger partial charge in [-0.1, -0.05) is 35.3 Å². The van der Waals surface area contributed by atoms with Crippen molar-refractivity contribution in [3.8, 4) is 0 Å². The lowest BCUT2D eigenvalue weighted by Gasteiger charge is -2.28. The van der Waals surface area contributed by atoms with Gasteiger partial charge in [-0.3, -0.25) is 0 Å². The van der Waals surface area contributed by atoms with Gasteiger partial charge in [-0.15, -0.1) is 0 Å². The molecule has 0 bridgehead atoms. The van der Waals surface area contributed by atoms with Gasteiger partial charge in [-0.25, -0.2) is 0 Å². The standard InChI is InChI=1S/C14H19Cl2NO/c1-10(11-5-7-18-8-6-11)17-9-12-3-2-4-13(15)14(12)16/h2-4,10-11,17H,5-9H2,1H3. The van der Waals surface area contributed by atoms with E-state index >= 15 is 0 Å². The smallest absolute Gasteiger partial charge is 0.0637 e. The predicted octanol–water partition coefficient (Wildman–Crippen LogP) is 3.90. The third kappa shape index (κ3) is 3.61. The Kier molecular flexibility index (Phi) is 5.31. The minimum Gasteiger partial charge on any atom is -0.381 e. The van der Waals surface area contributed by atoms with Gasteiger partial charge in [0.15, 0.2) is 0 Å². The van der Waals surface area contributed by atoms with Crippen molar-refractivity contribution in [2.75, 3.05) is 13.2 Å². The molecule has 1 aromatic rings. The zero-order valence-electron chi connectivity index (χ0n) is 10.6. The minimum absolute atomic E-state index is 0.476. The minimum atomic E-state index is 0.476. The molecule has 100 valence electrons. The number of hydrogen-bond acceptors (Lipinski definition) is 2. The first-order chi connectivity index (χ1) is 8.68. The first-order valence-corrected chi connectivity index (χ1v) is 7.18. The van der Waals surface area contributed by atoms with Crippen molar-refractivity contribution in [3.05, 3.63) is 33.8 Å². The van der Waals surface area contributed by atoms with Gasteiger partial charge in [0.05, 0.1) is 10.0 Å². The van der Waals surface area contributed by atoms with Crippen LogP contribution in [0.2, 0.25) is 10.0 Å². The maximum atomic E-state index is 6.17. The number of ether oxygens (including phenoxy) is 1. The van der Waals surface area contributed by atoms with Crippen LogP contribution in [-0.4, -0.2) is 19.3 Å². The third-order valence-corrected chi connectivity index (χ3v) is 4.48. The van der Waals surface area contributed by atoms with E-state index < -0.39 is 0 Å². The molecule has 4 heteroatoms. The van der Waals surface area contributed by atoms with E-state index in [1.807, 2.05) is 18.2 Å². The first-order valence-electron chi connectivity index (χ1n) is 6.42. The molecule has 1 fully saturated rings. The monoisotopic (exact) mass is 287 g/mol. The van der Waals surface area contributed by atoms with Gasteiger partial charge >= 0.3 is 0 Å². The number of benzene rings is 1. The van der Waals surface area contributed by atoms with Crippen LogP contribution in [-0.2, 0) is 11.3 Å². The molecule has 1 saturated heterocycles. The molecule has 1 aliphatic rings. The predicted molar refractivity (Wildman–Crippen MR) is 76.3 cm³/mol. The summed E-state index contributed by atoms with van der Waals surface area (Å²) in [5.74, 6) is 0.691. The van der Waals surface area contributed by atoms with E-state index in [4.69, 9.17) is 27.9 Å². The fourth-order valence-corrected chi connectivity index (χ4v) is 2.73. The van der Waals surface area contributed by atoms with E-state index in [-0.39, 0.29) is 0 Å². The van der Waals surface area contributed by atoms with Gasteiger partial charge in [0.1, 0.15) is 0 Å². The van der Waals surface area contributed by atoms with Gasteiger partial charge in [0.2, 0.25) is 0 Å². The highest BCUT2D eigenvalue weighted by Crippen LogP contribution is 2.26. The summed E-state index contributed by atoms with van der Waals surface area (Å²) in [5, 5.41) is 4.82. The molecule has 1 aliphatic heterocycles. The van der Waals surface area contributed by atoms with Crippen LogP contribution in [0.3, 0.4) is 0 Å². The van der Waals surface area contributed by atoms with Gasteiger partial charge in [-0.05, 0) is 37.3 Å². The summed E-state index contributed by atoms with van der Waals surface area (Å²) >= 11 is 12.2. The fourth-order valence-electron chi connectivity index (χ4n) is 2.34. The van der Waals surface area contributed by atoms with Crippen molar-refractivity contribution >= 4 is 23.2 Å². The lowest BCUT2D eigenvalue weighted by Crippen LogP contribution is -2.36. The molecule has 18 heavy (non-hydrogen) atoms. The second-order valence-electron chi connectivity index (χ2n) is 4.83. The molecule has 1 N–H and O–H groups in total. The Hall–Kier alpha value is -0.280. The van der Waals surface area contributed by atoms with E-state index in [1.165, 1.54) is 0 Å². The Labute approximate surface area is 119 Å². The highest BCUT2D eigenvalue weighted by molar-refractivity contribution is 6.42. The maximum Gasteiger partial charge on any atom is 0.0637 e. The van der Waals surface area contributed by atoms with Crippen molar-refractivity contribution in [1.29, 1.82) is 0 Å². The molecule has 1 heterocycles. The van der Waals surface area contributed by atoms with E-state index in [0.717, 1.165) is 38.2 Å². The SMILES string of the molecule is CC(NCc1cccc(Cl)c1Cl)C1CCOCC1. The van der Waals surface area contributed by atoms with Crippen molar-refractivity contribution in [1.82, 2.24) is 5.32 Å². The molecule has 1 atom stereocenters.